The van der Waals surface area contributed by atoms with Crippen LogP contribution in [-0.2, 0) is 5.41 Å². The van der Waals surface area contributed by atoms with Gasteiger partial charge in [0.2, 0.25) is 0 Å². The van der Waals surface area contributed by atoms with Crippen LogP contribution in [0.4, 0.5) is 4.39 Å². The molecule has 15 heavy (non-hydrogen) atoms. The lowest BCUT2D eigenvalue weighted by molar-refractivity contribution is 0.502. The Morgan fingerprint density at radius 3 is 2.47 bits per heavy atom. The third kappa shape index (κ3) is 1.47. The van der Waals surface area contributed by atoms with E-state index in [1.807, 2.05) is 0 Å². The molecule has 1 unspecified atom stereocenters. The molecule has 2 rings (SSSR count). The van der Waals surface area contributed by atoms with Crippen LogP contribution in [0.2, 0.25) is 5.02 Å². The van der Waals surface area contributed by atoms with Crippen LogP contribution in [0.3, 0.4) is 0 Å². The monoisotopic (exact) mass is 227 g/mol. The Hall–Kier alpha value is -0.600. The standard InChI is InChI=1S/C12H15ClFN/c1-11(2)6-12(11,7-15)8-3-4-10(14)9(13)5-8/h3-5H,6-7,15H2,1-2H3. The van der Waals surface area contributed by atoms with Crippen LogP contribution in [-0.4, -0.2) is 6.54 Å². The van der Waals surface area contributed by atoms with Crippen LogP contribution in [0.1, 0.15) is 25.8 Å². The van der Waals surface area contributed by atoms with E-state index < -0.39 is 0 Å². The van der Waals surface area contributed by atoms with Gasteiger partial charge >= 0.3 is 0 Å². The Bertz CT molecular complexity index is 403. The number of benzene rings is 1. The van der Waals surface area contributed by atoms with E-state index in [4.69, 9.17) is 17.3 Å². The minimum Gasteiger partial charge on any atom is -0.330 e. The minimum absolute atomic E-state index is 0.00958. The third-order valence-electron chi connectivity index (χ3n) is 3.73. The van der Waals surface area contributed by atoms with E-state index in [1.165, 1.54) is 6.07 Å². The molecular formula is C12H15ClFN. The summed E-state index contributed by atoms with van der Waals surface area (Å²) < 4.78 is 13.0. The van der Waals surface area contributed by atoms with Gasteiger partial charge in [0, 0.05) is 12.0 Å². The lowest BCUT2D eigenvalue weighted by Crippen LogP contribution is -2.25. The molecule has 0 heterocycles. The third-order valence-corrected chi connectivity index (χ3v) is 4.02. The smallest absolute Gasteiger partial charge is 0.141 e. The summed E-state index contributed by atoms with van der Waals surface area (Å²) in [4.78, 5) is 0. The molecule has 1 saturated carbocycles. The molecule has 1 fully saturated rings. The molecule has 1 aliphatic rings. The summed E-state index contributed by atoms with van der Waals surface area (Å²) in [6, 6.07) is 4.92. The zero-order chi connectivity index (χ0) is 11.3. The van der Waals surface area contributed by atoms with Crippen LogP contribution in [0.15, 0.2) is 18.2 Å². The summed E-state index contributed by atoms with van der Waals surface area (Å²) >= 11 is 5.78. The number of nitrogens with two attached hydrogens (primary N) is 1. The fourth-order valence-electron chi connectivity index (χ4n) is 2.46. The van der Waals surface area contributed by atoms with Crippen molar-refractivity contribution < 1.29 is 4.39 Å². The van der Waals surface area contributed by atoms with Gasteiger partial charge < -0.3 is 5.73 Å². The summed E-state index contributed by atoms with van der Waals surface area (Å²) in [6.45, 7) is 4.94. The van der Waals surface area contributed by atoms with Crippen LogP contribution < -0.4 is 5.73 Å². The molecule has 3 heteroatoms. The summed E-state index contributed by atoms with van der Waals surface area (Å²) in [5.41, 5.74) is 7.07. The Labute approximate surface area is 94.4 Å². The van der Waals surface area contributed by atoms with Crippen LogP contribution in [0, 0.1) is 11.2 Å². The summed E-state index contributed by atoms with van der Waals surface area (Å²) in [7, 11) is 0. The largest absolute Gasteiger partial charge is 0.330 e. The van der Waals surface area contributed by atoms with Gasteiger partial charge in [-0.05, 0) is 29.5 Å². The molecule has 1 aromatic carbocycles. The first-order chi connectivity index (χ1) is 6.93. The van der Waals surface area contributed by atoms with E-state index in [1.54, 1.807) is 12.1 Å². The predicted molar refractivity (Wildman–Crippen MR) is 60.5 cm³/mol. The maximum Gasteiger partial charge on any atom is 0.141 e. The molecule has 1 nitrogen and oxygen atoms in total. The average Bonchev–Trinajstić information content (AvgIpc) is 2.75. The normalized spacial score (nSPS) is 27.8. The van der Waals surface area contributed by atoms with Crippen molar-refractivity contribution >= 4 is 11.6 Å². The molecule has 0 bridgehead atoms. The van der Waals surface area contributed by atoms with E-state index in [9.17, 15) is 4.39 Å². The molecule has 0 aromatic heterocycles. The number of halogens is 2. The predicted octanol–water partition coefficient (Wildman–Crippen LogP) is 3.11. The van der Waals surface area contributed by atoms with Gasteiger partial charge in [-0.15, -0.1) is 0 Å². The minimum atomic E-state index is -0.369. The number of rotatable bonds is 2. The van der Waals surface area contributed by atoms with Crippen molar-refractivity contribution in [3.8, 4) is 0 Å². The van der Waals surface area contributed by atoms with Crippen molar-refractivity contribution in [2.45, 2.75) is 25.7 Å². The molecule has 1 aromatic rings. The van der Waals surface area contributed by atoms with Gasteiger partial charge in [-0.1, -0.05) is 31.5 Å². The molecule has 0 amide bonds. The van der Waals surface area contributed by atoms with Crippen molar-refractivity contribution in [3.63, 3.8) is 0 Å². The van der Waals surface area contributed by atoms with E-state index in [0.717, 1.165) is 12.0 Å². The molecule has 0 radical (unpaired) electrons. The molecular weight excluding hydrogens is 213 g/mol. The van der Waals surface area contributed by atoms with Gasteiger partial charge in [0.15, 0.2) is 0 Å². The lowest BCUT2D eigenvalue weighted by atomic mass is 9.88. The molecule has 1 aliphatic carbocycles. The Morgan fingerprint density at radius 1 is 1.47 bits per heavy atom. The molecule has 2 N–H and O–H groups in total. The second kappa shape index (κ2) is 3.19. The van der Waals surface area contributed by atoms with E-state index in [2.05, 4.69) is 13.8 Å². The maximum atomic E-state index is 13.0. The summed E-state index contributed by atoms with van der Waals surface area (Å²) in [5, 5.41) is 0.183. The van der Waals surface area contributed by atoms with Crippen LogP contribution in [0.25, 0.3) is 0 Å². The maximum absolute atomic E-state index is 13.0. The second-order valence-corrected chi connectivity index (χ2v) is 5.38. The fraction of sp³-hybridized carbons (Fsp3) is 0.500. The van der Waals surface area contributed by atoms with Gasteiger partial charge in [-0.3, -0.25) is 0 Å². The average molecular weight is 228 g/mol. The van der Waals surface area contributed by atoms with Crippen molar-refractivity contribution in [2.24, 2.45) is 11.1 Å². The van der Waals surface area contributed by atoms with Crippen LogP contribution in [0.5, 0.6) is 0 Å². The van der Waals surface area contributed by atoms with Crippen molar-refractivity contribution in [1.29, 1.82) is 0 Å². The van der Waals surface area contributed by atoms with E-state index in [0.29, 0.717) is 6.54 Å². The number of hydrogen-bond donors (Lipinski definition) is 1. The van der Waals surface area contributed by atoms with Gasteiger partial charge in [0.25, 0.3) is 0 Å². The summed E-state index contributed by atoms with van der Waals surface area (Å²) in [5.74, 6) is -0.369. The Kier molecular flexibility index (Phi) is 2.32. The van der Waals surface area contributed by atoms with Gasteiger partial charge in [-0.25, -0.2) is 4.39 Å². The van der Waals surface area contributed by atoms with Crippen molar-refractivity contribution in [3.05, 3.63) is 34.6 Å². The second-order valence-electron chi connectivity index (χ2n) is 4.98. The van der Waals surface area contributed by atoms with E-state index in [-0.39, 0.29) is 21.7 Å². The van der Waals surface area contributed by atoms with Crippen molar-refractivity contribution in [2.75, 3.05) is 6.54 Å². The Balaban J connectivity index is 2.42. The topological polar surface area (TPSA) is 26.0 Å². The van der Waals surface area contributed by atoms with Gasteiger partial charge in [-0.2, -0.15) is 0 Å². The number of hydrogen-bond acceptors (Lipinski definition) is 1. The molecule has 82 valence electrons. The van der Waals surface area contributed by atoms with Crippen molar-refractivity contribution in [1.82, 2.24) is 0 Å². The highest BCUT2D eigenvalue weighted by molar-refractivity contribution is 6.30. The first-order valence-corrected chi connectivity index (χ1v) is 5.46. The van der Waals surface area contributed by atoms with Crippen LogP contribution >= 0.6 is 11.6 Å². The lowest BCUT2D eigenvalue weighted by Gasteiger charge is -2.19. The highest BCUT2D eigenvalue weighted by Crippen LogP contribution is 2.63. The molecule has 0 spiro atoms. The highest BCUT2D eigenvalue weighted by atomic mass is 35.5. The highest BCUT2D eigenvalue weighted by Gasteiger charge is 2.60. The first-order valence-electron chi connectivity index (χ1n) is 5.08. The molecule has 0 saturated heterocycles. The molecule has 0 aliphatic heterocycles. The first kappa shape index (κ1) is 10.9. The molecule has 1 atom stereocenters. The zero-order valence-electron chi connectivity index (χ0n) is 8.98. The fourth-order valence-corrected chi connectivity index (χ4v) is 2.64. The van der Waals surface area contributed by atoms with Gasteiger partial charge in [0.05, 0.1) is 5.02 Å². The van der Waals surface area contributed by atoms with Gasteiger partial charge in [0.1, 0.15) is 5.82 Å². The quantitative estimate of drug-likeness (QED) is 0.826. The van der Waals surface area contributed by atoms with E-state index >= 15 is 0 Å². The summed E-state index contributed by atoms with van der Waals surface area (Å²) in [6.07, 6.45) is 1.04. The zero-order valence-corrected chi connectivity index (χ0v) is 9.74. The SMILES string of the molecule is CC1(C)CC1(CN)c1ccc(F)c(Cl)c1. The Morgan fingerprint density at radius 2 is 2.07 bits per heavy atom.